The second-order valence-corrected chi connectivity index (χ2v) is 4.97. The van der Waals surface area contributed by atoms with Crippen LogP contribution in [0.15, 0.2) is 36.4 Å². The average molecular weight is 314 g/mol. The van der Waals surface area contributed by atoms with Crippen LogP contribution in [0, 0.1) is 6.92 Å². The Bertz CT molecular complexity index is 762. The zero-order chi connectivity index (χ0) is 17.0. The van der Waals surface area contributed by atoms with Crippen molar-refractivity contribution in [2.45, 2.75) is 6.92 Å². The van der Waals surface area contributed by atoms with Crippen molar-refractivity contribution in [1.82, 2.24) is 0 Å². The third-order valence-electron chi connectivity index (χ3n) is 3.43. The standard InChI is InChI=1S/C18H18O5/c1-11-7-8-15(22-2)13(9-11)14(18(20)21)10-12-5-4-6-16(23-3)17(12)19/h4-10,19H,1-3H3,(H,20,21)/b14-10-. The first-order valence-electron chi connectivity index (χ1n) is 6.94. The molecular weight excluding hydrogens is 296 g/mol. The van der Waals surface area contributed by atoms with Crippen LogP contribution < -0.4 is 9.47 Å². The molecule has 2 N–H and O–H groups in total. The molecule has 2 rings (SSSR count). The van der Waals surface area contributed by atoms with Crippen molar-refractivity contribution in [2.24, 2.45) is 0 Å². The molecular formula is C18H18O5. The lowest BCUT2D eigenvalue weighted by atomic mass is 9.99. The first-order valence-corrected chi connectivity index (χ1v) is 6.94. The molecule has 0 heterocycles. The largest absolute Gasteiger partial charge is 0.504 e. The second-order valence-electron chi connectivity index (χ2n) is 4.97. The summed E-state index contributed by atoms with van der Waals surface area (Å²) in [6.45, 7) is 1.87. The second kappa shape index (κ2) is 6.87. The zero-order valence-electron chi connectivity index (χ0n) is 13.2. The third-order valence-corrected chi connectivity index (χ3v) is 3.43. The van der Waals surface area contributed by atoms with Gasteiger partial charge in [-0.1, -0.05) is 23.8 Å². The lowest BCUT2D eigenvalue weighted by Crippen LogP contribution is -2.02. The predicted molar refractivity (Wildman–Crippen MR) is 87.9 cm³/mol. The summed E-state index contributed by atoms with van der Waals surface area (Å²) in [5.74, 6) is -0.497. The van der Waals surface area contributed by atoms with E-state index in [1.807, 2.05) is 13.0 Å². The summed E-state index contributed by atoms with van der Waals surface area (Å²) in [4.78, 5) is 11.7. The highest BCUT2D eigenvalue weighted by Crippen LogP contribution is 2.34. The van der Waals surface area contributed by atoms with E-state index in [1.54, 1.807) is 30.3 Å². The smallest absolute Gasteiger partial charge is 0.336 e. The number of carboxylic acid groups (broad SMARTS) is 1. The summed E-state index contributed by atoms with van der Waals surface area (Å²) < 4.78 is 10.3. The van der Waals surface area contributed by atoms with Gasteiger partial charge in [-0.15, -0.1) is 0 Å². The number of hydrogen-bond donors (Lipinski definition) is 2. The van der Waals surface area contributed by atoms with Gasteiger partial charge in [0.25, 0.3) is 0 Å². The molecule has 0 saturated heterocycles. The molecule has 5 nitrogen and oxygen atoms in total. The number of aromatic hydroxyl groups is 1. The van der Waals surface area contributed by atoms with Crippen molar-refractivity contribution in [3.8, 4) is 17.2 Å². The number of carboxylic acids is 1. The zero-order valence-corrected chi connectivity index (χ0v) is 13.2. The van der Waals surface area contributed by atoms with Gasteiger partial charge >= 0.3 is 5.97 Å². The number of phenolic OH excluding ortho intramolecular Hbond substituents is 1. The van der Waals surface area contributed by atoms with E-state index in [2.05, 4.69) is 0 Å². The highest BCUT2D eigenvalue weighted by atomic mass is 16.5. The molecule has 0 fully saturated rings. The molecule has 0 amide bonds. The van der Waals surface area contributed by atoms with E-state index in [4.69, 9.17) is 9.47 Å². The van der Waals surface area contributed by atoms with Crippen molar-refractivity contribution in [2.75, 3.05) is 14.2 Å². The lowest BCUT2D eigenvalue weighted by molar-refractivity contribution is -0.130. The van der Waals surface area contributed by atoms with E-state index < -0.39 is 5.97 Å². The SMILES string of the molecule is COc1ccc(C)cc1/C(=C/c1cccc(OC)c1O)C(=O)O. The molecule has 2 aromatic rings. The first kappa shape index (κ1) is 16.4. The van der Waals surface area contributed by atoms with Crippen molar-refractivity contribution >= 4 is 17.6 Å². The van der Waals surface area contributed by atoms with Crippen molar-refractivity contribution in [1.29, 1.82) is 0 Å². The van der Waals surface area contributed by atoms with Crippen LogP contribution in [0.25, 0.3) is 11.6 Å². The number of rotatable bonds is 5. The normalized spacial score (nSPS) is 11.2. The topological polar surface area (TPSA) is 76.0 Å². The van der Waals surface area contributed by atoms with Crippen LogP contribution in [-0.2, 0) is 4.79 Å². The van der Waals surface area contributed by atoms with Crippen molar-refractivity contribution in [3.63, 3.8) is 0 Å². The molecule has 120 valence electrons. The molecule has 0 saturated carbocycles. The Balaban J connectivity index is 2.65. The van der Waals surface area contributed by atoms with Crippen LogP contribution in [0.5, 0.6) is 17.2 Å². The molecule has 5 heteroatoms. The molecule has 0 aliphatic rings. The van der Waals surface area contributed by atoms with Gasteiger partial charge in [0.2, 0.25) is 0 Å². The van der Waals surface area contributed by atoms with E-state index in [0.717, 1.165) is 5.56 Å². The van der Waals surface area contributed by atoms with Crippen LogP contribution in [0.3, 0.4) is 0 Å². The molecule has 0 aliphatic carbocycles. The number of ether oxygens (including phenoxy) is 2. The molecule has 0 aliphatic heterocycles. The summed E-state index contributed by atoms with van der Waals surface area (Å²) in [6, 6.07) is 10.2. The monoisotopic (exact) mass is 314 g/mol. The van der Waals surface area contributed by atoms with Gasteiger partial charge in [0.15, 0.2) is 11.5 Å². The van der Waals surface area contributed by atoms with Gasteiger partial charge in [-0.05, 0) is 31.2 Å². The number of carbonyl (C=O) groups is 1. The summed E-state index contributed by atoms with van der Waals surface area (Å²) >= 11 is 0. The highest BCUT2D eigenvalue weighted by Gasteiger charge is 2.17. The summed E-state index contributed by atoms with van der Waals surface area (Å²) in [7, 11) is 2.92. The van der Waals surface area contributed by atoms with Crippen molar-refractivity contribution in [3.05, 3.63) is 53.1 Å². The number of hydrogen-bond acceptors (Lipinski definition) is 4. The Morgan fingerprint density at radius 3 is 2.39 bits per heavy atom. The fourth-order valence-electron chi connectivity index (χ4n) is 2.26. The Kier molecular flexibility index (Phi) is 4.91. The Labute approximate surface area is 134 Å². The van der Waals surface area contributed by atoms with E-state index in [9.17, 15) is 15.0 Å². The van der Waals surface area contributed by atoms with Gasteiger partial charge in [0.1, 0.15) is 5.75 Å². The maximum atomic E-state index is 11.7. The van der Waals surface area contributed by atoms with Crippen molar-refractivity contribution < 1.29 is 24.5 Å². The Morgan fingerprint density at radius 1 is 1.09 bits per heavy atom. The van der Waals surface area contributed by atoms with Gasteiger partial charge in [-0.3, -0.25) is 0 Å². The number of benzene rings is 2. The van der Waals surface area contributed by atoms with Crippen LogP contribution in [0.2, 0.25) is 0 Å². The van der Waals surface area contributed by atoms with E-state index in [0.29, 0.717) is 16.9 Å². The van der Waals surface area contributed by atoms with Gasteiger partial charge in [-0.25, -0.2) is 4.79 Å². The molecule has 0 radical (unpaired) electrons. The van der Waals surface area contributed by atoms with E-state index >= 15 is 0 Å². The number of aryl methyl sites for hydroxylation is 1. The predicted octanol–water partition coefficient (Wildman–Crippen LogP) is 3.34. The maximum Gasteiger partial charge on any atom is 0.336 e. The van der Waals surface area contributed by atoms with Gasteiger partial charge in [0.05, 0.1) is 19.8 Å². The molecule has 0 aromatic heterocycles. The highest BCUT2D eigenvalue weighted by molar-refractivity contribution is 6.21. The summed E-state index contributed by atoms with van der Waals surface area (Å²) in [5, 5.41) is 19.7. The lowest BCUT2D eigenvalue weighted by Gasteiger charge is -2.11. The quantitative estimate of drug-likeness (QED) is 0.654. The van der Waals surface area contributed by atoms with Crippen LogP contribution in [0.4, 0.5) is 0 Å². The van der Waals surface area contributed by atoms with Crippen LogP contribution >= 0.6 is 0 Å². The molecule has 2 aromatic carbocycles. The number of methoxy groups -OCH3 is 2. The van der Waals surface area contributed by atoms with Gasteiger partial charge in [0, 0.05) is 11.1 Å². The molecule has 23 heavy (non-hydrogen) atoms. The van der Waals surface area contributed by atoms with Gasteiger partial charge < -0.3 is 19.7 Å². The maximum absolute atomic E-state index is 11.7. The number of phenols is 1. The molecule has 0 unspecified atom stereocenters. The van der Waals surface area contributed by atoms with Crippen LogP contribution in [-0.4, -0.2) is 30.4 Å². The average Bonchev–Trinajstić information content (AvgIpc) is 2.53. The molecule has 0 atom stereocenters. The summed E-state index contributed by atoms with van der Waals surface area (Å²) in [5.41, 5.74) is 1.73. The molecule has 0 spiro atoms. The van der Waals surface area contributed by atoms with E-state index in [-0.39, 0.29) is 17.1 Å². The Morgan fingerprint density at radius 2 is 1.78 bits per heavy atom. The number of aliphatic carboxylic acids is 1. The minimum absolute atomic E-state index is 0.0223. The van der Waals surface area contributed by atoms with Gasteiger partial charge in [-0.2, -0.15) is 0 Å². The summed E-state index contributed by atoms with van der Waals surface area (Å²) in [6.07, 6.45) is 1.40. The Hall–Kier alpha value is -2.95. The number of para-hydroxylation sites is 1. The minimum atomic E-state index is -1.11. The fraction of sp³-hybridized carbons (Fsp3) is 0.167. The first-order chi connectivity index (χ1) is 11.0. The molecule has 0 bridgehead atoms. The minimum Gasteiger partial charge on any atom is -0.504 e. The fourth-order valence-corrected chi connectivity index (χ4v) is 2.26. The third kappa shape index (κ3) is 3.45. The van der Waals surface area contributed by atoms with E-state index in [1.165, 1.54) is 20.3 Å². The van der Waals surface area contributed by atoms with Crippen LogP contribution in [0.1, 0.15) is 16.7 Å².